The summed E-state index contributed by atoms with van der Waals surface area (Å²) in [6.45, 7) is 0.397. The summed E-state index contributed by atoms with van der Waals surface area (Å²) >= 11 is 3.17. The zero-order chi connectivity index (χ0) is 11.4. The first-order chi connectivity index (χ1) is 7.75. The van der Waals surface area contributed by atoms with Crippen molar-refractivity contribution in [2.24, 2.45) is 5.92 Å². The molecule has 5 heteroatoms. The Bertz CT molecular complexity index is 336. The van der Waals surface area contributed by atoms with Crippen molar-refractivity contribution >= 4 is 29.0 Å². The van der Waals surface area contributed by atoms with Crippen LogP contribution in [0.4, 0.5) is 0 Å². The van der Waals surface area contributed by atoms with Gasteiger partial charge in [-0.3, -0.25) is 4.79 Å². The molecule has 3 nitrogen and oxygen atoms in total. The lowest BCUT2D eigenvalue weighted by molar-refractivity contribution is -0.119. The SMILES string of the molecule is O=C(CSc1cccs1)NCC(O)C1CC1. The number of nitrogens with one attached hydrogen (secondary N) is 1. The Morgan fingerprint density at radius 3 is 3.12 bits per heavy atom. The van der Waals surface area contributed by atoms with E-state index in [2.05, 4.69) is 5.32 Å². The second-order valence-electron chi connectivity index (χ2n) is 3.93. The van der Waals surface area contributed by atoms with Crippen LogP contribution in [-0.2, 0) is 4.79 Å². The highest BCUT2D eigenvalue weighted by Crippen LogP contribution is 2.32. The van der Waals surface area contributed by atoms with Crippen LogP contribution < -0.4 is 5.32 Å². The molecule has 0 spiro atoms. The van der Waals surface area contributed by atoms with Crippen LogP contribution in [0.3, 0.4) is 0 Å². The van der Waals surface area contributed by atoms with Crippen molar-refractivity contribution < 1.29 is 9.90 Å². The van der Waals surface area contributed by atoms with Crippen LogP contribution in [0.5, 0.6) is 0 Å². The fraction of sp³-hybridized carbons (Fsp3) is 0.545. The number of hydrogen-bond donors (Lipinski definition) is 2. The van der Waals surface area contributed by atoms with Crippen molar-refractivity contribution in [1.82, 2.24) is 5.32 Å². The Balaban J connectivity index is 1.60. The van der Waals surface area contributed by atoms with E-state index in [4.69, 9.17) is 0 Å². The second-order valence-corrected chi connectivity index (χ2v) is 6.15. The topological polar surface area (TPSA) is 49.3 Å². The molecule has 1 aliphatic carbocycles. The summed E-state index contributed by atoms with van der Waals surface area (Å²) in [4.78, 5) is 11.4. The third kappa shape index (κ3) is 3.81. The van der Waals surface area contributed by atoms with Crippen LogP contribution in [0.1, 0.15) is 12.8 Å². The molecule has 1 amide bonds. The van der Waals surface area contributed by atoms with Crippen LogP contribution in [0.25, 0.3) is 0 Å². The van der Waals surface area contributed by atoms with Gasteiger partial charge in [-0.05, 0) is 30.2 Å². The van der Waals surface area contributed by atoms with Gasteiger partial charge >= 0.3 is 0 Å². The molecule has 1 unspecified atom stereocenters. The minimum Gasteiger partial charge on any atom is -0.391 e. The minimum atomic E-state index is -0.351. The first-order valence-corrected chi connectivity index (χ1v) is 7.23. The highest BCUT2D eigenvalue weighted by atomic mass is 32.2. The number of thioether (sulfide) groups is 1. The van der Waals surface area contributed by atoms with E-state index in [0.29, 0.717) is 18.2 Å². The molecule has 1 saturated carbocycles. The summed E-state index contributed by atoms with van der Waals surface area (Å²) in [7, 11) is 0. The molecule has 0 aromatic carbocycles. The molecule has 0 radical (unpaired) electrons. The predicted molar refractivity (Wildman–Crippen MR) is 66.8 cm³/mol. The summed E-state index contributed by atoms with van der Waals surface area (Å²) in [5.74, 6) is 0.848. The lowest BCUT2D eigenvalue weighted by Gasteiger charge is -2.09. The van der Waals surface area contributed by atoms with Gasteiger partial charge in [0.15, 0.2) is 0 Å². The number of amides is 1. The average molecular weight is 257 g/mol. The maximum Gasteiger partial charge on any atom is 0.230 e. The van der Waals surface area contributed by atoms with E-state index < -0.39 is 0 Å². The molecule has 0 saturated heterocycles. The van der Waals surface area contributed by atoms with Gasteiger partial charge in [0.1, 0.15) is 0 Å². The van der Waals surface area contributed by atoms with Crippen LogP contribution >= 0.6 is 23.1 Å². The van der Waals surface area contributed by atoms with Crippen LogP contribution in [0, 0.1) is 5.92 Å². The Labute approximate surface area is 103 Å². The highest BCUT2D eigenvalue weighted by molar-refractivity contribution is 8.01. The summed E-state index contributed by atoms with van der Waals surface area (Å²) < 4.78 is 1.15. The molecule has 2 rings (SSSR count). The Kier molecular flexibility index (Phi) is 4.26. The molecular weight excluding hydrogens is 242 g/mol. The van der Waals surface area contributed by atoms with Crippen molar-refractivity contribution in [1.29, 1.82) is 0 Å². The average Bonchev–Trinajstić information content (AvgIpc) is 3.01. The molecule has 1 aromatic rings. The fourth-order valence-corrected chi connectivity index (χ4v) is 3.01. The van der Waals surface area contributed by atoms with Gasteiger partial charge in [-0.25, -0.2) is 0 Å². The standard InChI is InChI=1S/C11H15NO2S2/c13-9(8-3-4-8)6-12-10(14)7-16-11-2-1-5-15-11/h1-2,5,8-9,13H,3-4,6-7H2,(H,12,14). The Hall–Kier alpha value is -0.520. The van der Waals surface area contributed by atoms with E-state index in [1.807, 2.05) is 17.5 Å². The zero-order valence-corrected chi connectivity index (χ0v) is 10.5. The van der Waals surface area contributed by atoms with E-state index in [9.17, 15) is 9.90 Å². The van der Waals surface area contributed by atoms with Crippen LogP contribution in [-0.4, -0.2) is 29.4 Å². The van der Waals surface area contributed by atoms with Crippen molar-refractivity contribution in [3.8, 4) is 0 Å². The van der Waals surface area contributed by atoms with E-state index in [1.54, 1.807) is 11.3 Å². The summed E-state index contributed by atoms with van der Waals surface area (Å²) in [5, 5.41) is 14.3. The molecule has 16 heavy (non-hydrogen) atoms. The number of thiophene rings is 1. The molecule has 2 N–H and O–H groups in total. The third-order valence-electron chi connectivity index (χ3n) is 2.52. The maximum absolute atomic E-state index is 11.4. The zero-order valence-electron chi connectivity index (χ0n) is 8.89. The van der Waals surface area contributed by atoms with Crippen molar-refractivity contribution in [2.45, 2.75) is 23.2 Å². The van der Waals surface area contributed by atoms with Gasteiger partial charge in [0.2, 0.25) is 5.91 Å². The van der Waals surface area contributed by atoms with Crippen LogP contribution in [0.15, 0.2) is 21.7 Å². The number of carbonyl (C=O) groups is 1. The van der Waals surface area contributed by atoms with E-state index in [0.717, 1.165) is 17.1 Å². The molecule has 0 aliphatic heterocycles. The molecule has 1 atom stereocenters. The summed E-state index contributed by atoms with van der Waals surface area (Å²) in [5.41, 5.74) is 0. The number of hydrogen-bond acceptors (Lipinski definition) is 4. The van der Waals surface area contributed by atoms with Gasteiger partial charge in [-0.1, -0.05) is 6.07 Å². The Morgan fingerprint density at radius 2 is 2.50 bits per heavy atom. The van der Waals surface area contributed by atoms with E-state index in [-0.39, 0.29) is 12.0 Å². The molecule has 88 valence electrons. The monoisotopic (exact) mass is 257 g/mol. The Morgan fingerprint density at radius 1 is 1.69 bits per heavy atom. The smallest absolute Gasteiger partial charge is 0.230 e. The maximum atomic E-state index is 11.4. The number of aliphatic hydroxyl groups is 1. The van der Waals surface area contributed by atoms with Gasteiger partial charge in [-0.2, -0.15) is 0 Å². The van der Waals surface area contributed by atoms with Gasteiger partial charge in [0, 0.05) is 6.54 Å². The predicted octanol–water partition coefficient (Wildman–Crippen LogP) is 1.73. The summed E-state index contributed by atoms with van der Waals surface area (Å²) in [6.07, 6.45) is 1.85. The number of aliphatic hydroxyl groups excluding tert-OH is 1. The van der Waals surface area contributed by atoms with Gasteiger partial charge in [-0.15, -0.1) is 23.1 Å². The normalized spacial score (nSPS) is 17.1. The largest absolute Gasteiger partial charge is 0.391 e. The lowest BCUT2D eigenvalue weighted by Crippen LogP contribution is -2.34. The molecular formula is C11H15NO2S2. The lowest BCUT2D eigenvalue weighted by atomic mass is 10.2. The molecule has 1 heterocycles. The van der Waals surface area contributed by atoms with Crippen molar-refractivity contribution in [3.05, 3.63) is 17.5 Å². The fourth-order valence-electron chi connectivity index (χ4n) is 1.40. The molecule has 1 aromatic heterocycles. The van der Waals surface area contributed by atoms with Crippen molar-refractivity contribution in [3.63, 3.8) is 0 Å². The van der Waals surface area contributed by atoms with Gasteiger partial charge in [0.05, 0.1) is 16.1 Å². The van der Waals surface area contributed by atoms with Crippen molar-refractivity contribution in [2.75, 3.05) is 12.3 Å². The minimum absolute atomic E-state index is 0.00176. The van der Waals surface area contributed by atoms with Gasteiger partial charge in [0.25, 0.3) is 0 Å². The quantitative estimate of drug-likeness (QED) is 0.763. The molecule has 1 fully saturated rings. The highest BCUT2D eigenvalue weighted by Gasteiger charge is 2.29. The third-order valence-corrected chi connectivity index (χ3v) is 4.65. The summed E-state index contributed by atoms with van der Waals surface area (Å²) in [6, 6.07) is 3.98. The second kappa shape index (κ2) is 5.70. The number of carbonyl (C=O) groups excluding carboxylic acids is 1. The molecule has 0 bridgehead atoms. The number of rotatable bonds is 6. The molecule has 1 aliphatic rings. The van der Waals surface area contributed by atoms with E-state index >= 15 is 0 Å². The van der Waals surface area contributed by atoms with Gasteiger partial charge < -0.3 is 10.4 Å². The first kappa shape index (κ1) is 12.0. The first-order valence-electron chi connectivity index (χ1n) is 5.37. The van der Waals surface area contributed by atoms with Crippen LogP contribution in [0.2, 0.25) is 0 Å². The van der Waals surface area contributed by atoms with E-state index in [1.165, 1.54) is 11.8 Å².